The highest BCUT2D eigenvalue weighted by Crippen LogP contribution is 2.24. The van der Waals surface area contributed by atoms with Gasteiger partial charge in [-0.15, -0.1) is 0 Å². The summed E-state index contributed by atoms with van der Waals surface area (Å²) in [5.41, 5.74) is 0.662. The second-order valence-corrected chi connectivity index (χ2v) is 7.71. The largest absolute Gasteiger partial charge is 0.493 e. The van der Waals surface area contributed by atoms with E-state index >= 15 is 0 Å². The van der Waals surface area contributed by atoms with E-state index in [0.717, 1.165) is 10.9 Å². The van der Waals surface area contributed by atoms with Crippen LogP contribution in [-0.4, -0.2) is 22.5 Å². The number of amides is 1. The van der Waals surface area contributed by atoms with Crippen LogP contribution in [0.4, 0.5) is 11.4 Å². The molecule has 148 valence electrons. The first-order valence-electron chi connectivity index (χ1n) is 8.55. The number of nitro benzene ring substituents is 1. The number of carbonyl (C=O) groups excluding carboxylic acids is 1. The number of carbonyl (C=O) groups is 1. The van der Waals surface area contributed by atoms with E-state index in [4.69, 9.17) is 17.0 Å². The normalized spacial score (nSPS) is 10.4. The van der Waals surface area contributed by atoms with Gasteiger partial charge in [-0.25, -0.2) is 0 Å². The van der Waals surface area contributed by atoms with Gasteiger partial charge < -0.3 is 10.1 Å². The number of benzene rings is 2. The van der Waals surface area contributed by atoms with E-state index in [1.165, 1.54) is 18.2 Å². The lowest BCUT2D eigenvalue weighted by molar-refractivity contribution is -0.384. The molecule has 0 heterocycles. The zero-order valence-electron chi connectivity index (χ0n) is 15.4. The Balaban J connectivity index is 2.07. The van der Waals surface area contributed by atoms with E-state index in [0.29, 0.717) is 29.5 Å². The summed E-state index contributed by atoms with van der Waals surface area (Å²) in [6.45, 7) is 4.68. The van der Waals surface area contributed by atoms with Crippen molar-refractivity contribution in [1.29, 1.82) is 0 Å². The van der Waals surface area contributed by atoms with Crippen molar-refractivity contribution in [3.8, 4) is 5.75 Å². The van der Waals surface area contributed by atoms with Crippen molar-refractivity contribution in [3.05, 3.63) is 62.6 Å². The van der Waals surface area contributed by atoms with Gasteiger partial charge in [-0.05, 0) is 48.8 Å². The Bertz CT molecular complexity index is 889. The molecule has 2 aromatic carbocycles. The van der Waals surface area contributed by atoms with Gasteiger partial charge in [0.05, 0.1) is 17.1 Å². The van der Waals surface area contributed by atoms with E-state index in [2.05, 4.69) is 40.4 Å². The average Bonchev–Trinajstić information content (AvgIpc) is 2.62. The van der Waals surface area contributed by atoms with Crippen molar-refractivity contribution in [2.75, 3.05) is 11.9 Å². The van der Waals surface area contributed by atoms with Crippen molar-refractivity contribution in [1.82, 2.24) is 5.32 Å². The second-order valence-electron chi connectivity index (χ2n) is 6.39. The smallest absolute Gasteiger partial charge is 0.271 e. The fraction of sp³-hybridized carbons (Fsp3) is 0.263. The molecule has 9 heteroatoms. The highest BCUT2D eigenvalue weighted by molar-refractivity contribution is 9.10. The van der Waals surface area contributed by atoms with Crippen LogP contribution in [0, 0.1) is 16.0 Å². The van der Waals surface area contributed by atoms with Gasteiger partial charge in [-0.3, -0.25) is 20.2 Å². The van der Waals surface area contributed by atoms with Crippen LogP contribution in [-0.2, 0) is 0 Å². The number of rotatable bonds is 7. The average molecular weight is 466 g/mol. The molecule has 0 aliphatic carbocycles. The maximum absolute atomic E-state index is 12.6. The topological polar surface area (TPSA) is 93.5 Å². The van der Waals surface area contributed by atoms with Crippen LogP contribution < -0.4 is 15.4 Å². The molecule has 0 saturated heterocycles. The number of non-ortho nitro benzene ring substituents is 1. The molecule has 2 N–H and O–H groups in total. The van der Waals surface area contributed by atoms with Gasteiger partial charge in [0.1, 0.15) is 5.75 Å². The number of ether oxygens (including phenoxy) is 1. The Morgan fingerprint density at radius 2 is 2.04 bits per heavy atom. The van der Waals surface area contributed by atoms with Crippen LogP contribution in [0.5, 0.6) is 5.75 Å². The Morgan fingerprint density at radius 1 is 1.29 bits per heavy atom. The molecule has 0 radical (unpaired) electrons. The van der Waals surface area contributed by atoms with E-state index in [1.807, 2.05) is 0 Å². The van der Waals surface area contributed by atoms with E-state index in [1.54, 1.807) is 24.3 Å². The Kier molecular flexibility index (Phi) is 7.89. The van der Waals surface area contributed by atoms with Gasteiger partial charge in [0, 0.05) is 22.3 Å². The third-order valence-electron chi connectivity index (χ3n) is 3.68. The van der Waals surface area contributed by atoms with Crippen LogP contribution in [0.15, 0.2) is 46.9 Å². The van der Waals surface area contributed by atoms with Crippen LogP contribution in [0.2, 0.25) is 0 Å². The van der Waals surface area contributed by atoms with Gasteiger partial charge in [0.15, 0.2) is 5.11 Å². The molecule has 0 atom stereocenters. The minimum Gasteiger partial charge on any atom is -0.493 e. The summed E-state index contributed by atoms with van der Waals surface area (Å²) in [6.07, 6.45) is 0.865. The number of halogens is 1. The lowest BCUT2D eigenvalue weighted by atomic mass is 10.1. The highest BCUT2D eigenvalue weighted by atomic mass is 79.9. The van der Waals surface area contributed by atoms with Gasteiger partial charge >= 0.3 is 0 Å². The molecular weight excluding hydrogens is 446 g/mol. The van der Waals surface area contributed by atoms with E-state index < -0.39 is 10.8 Å². The molecule has 2 aromatic rings. The van der Waals surface area contributed by atoms with Crippen LogP contribution in [0.3, 0.4) is 0 Å². The minimum absolute atomic E-state index is 0.0265. The monoisotopic (exact) mass is 465 g/mol. The maximum Gasteiger partial charge on any atom is 0.271 e. The molecule has 0 saturated carbocycles. The van der Waals surface area contributed by atoms with Crippen LogP contribution in [0.25, 0.3) is 0 Å². The predicted molar refractivity (Wildman–Crippen MR) is 116 cm³/mol. The molecule has 0 unspecified atom stereocenters. The Labute approximate surface area is 176 Å². The summed E-state index contributed by atoms with van der Waals surface area (Å²) in [5.74, 6) is 0.503. The van der Waals surface area contributed by atoms with Crippen molar-refractivity contribution in [2.24, 2.45) is 5.92 Å². The molecule has 1 amide bonds. The molecule has 0 fully saturated rings. The Hall–Kier alpha value is -2.52. The summed E-state index contributed by atoms with van der Waals surface area (Å²) >= 11 is 8.50. The molecule has 28 heavy (non-hydrogen) atoms. The van der Waals surface area contributed by atoms with E-state index in [-0.39, 0.29) is 10.8 Å². The van der Waals surface area contributed by atoms with Gasteiger partial charge in [-0.2, -0.15) is 0 Å². The predicted octanol–water partition coefficient (Wildman–Crippen LogP) is 4.91. The van der Waals surface area contributed by atoms with Gasteiger partial charge in [0.2, 0.25) is 0 Å². The fourth-order valence-corrected chi connectivity index (χ4v) is 2.81. The van der Waals surface area contributed by atoms with Crippen LogP contribution >= 0.6 is 28.1 Å². The van der Waals surface area contributed by atoms with E-state index in [9.17, 15) is 14.9 Å². The molecule has 0 bridgehead atoms. The molecule has 0 aliphatic rings. The number of nitrogens with one attached hydrogen (secondary N) is 2. The summed E-state index contributed by atoms with van der Waals surface area (Å²) in [7, 11) is 0. The van der Waals surface area contributed by atoms with Crippen molar-refractivity contribution in [2.45, 2.75) is 20.3 Å². The molecule has 0 spiro atoms. The van der Waals surface area contributed by atoms with Gasteiger partial charge in [-0.1, -0.05) is 35.8 Å². The third-order valence-corrected chi connectivity index (χ3v) is 4.38. The van der Waals surface area contributed by atoms with Crippen molar-refractivity contribution in [3.63, 3.8) is 0 Å². The fourth-order valence-electron chi connectivity index (χ4n) is 2.24. The maximum atomic E-state index is 12.6. The number of hydrogen-bond donors (Lipinski definition) is 2. The number of anilines is 1. The van der Waals surface area contributed by atoms with Crippen molar-refractivity contribution < 1.29 is 14.5 Å². The van der Waals surface area contributed by atoms with Crippen molar-refractivity contribution >= 4 is 50.5 Å². The number of thiocarbonyl (C=S) groups is 1. The first-order chi connectivity index (χ1) is 13.3. The van der Waals surface area contributed by atoms with Crippen LogP contribution in [0.1, 0.15) is 30.6 Å². The standard InChI is InChI=1S/C19H20BrN3O4S/c1-12(2)8-9-27-17-7-6-13(20)10-16(17)18(24)22-19(28)21-14-4-3-5-15(11-14)23(25)26/h3-7,10-12H,8-9H2,1-2H3,(H2,21,22,24,28). The second kappa shape index (κ2) is 10.1. The number of nitrogens with zero attached hydrogens (tertiary/aromatic N) is 1. The summed E-state index contributed by atoms with van der Waals surface area (Å²) in [5, 5.41) is 16.2. The number of nitro groups is 1. The molecule has 2 rings (SSSR count). The zero-order valence-corrected chi connectivity index (χ0v) is 17.8. The number of hydrogen-bond acceptors (Lipinski definition) is 5. The third kappa shape index (κ3) is 6.58. The summed E-state index contributed by atoms with van der Waals surface area (Å²) in [6, 6.07) is 11.0. The molecule has 0 aliphatic heterocycles. The quantitative estimate of drug-likeness (QED) is 0.342. The first kappa shape index (κ1) is 21.8. The molecule has 7 nitrogen and oxygen atoms in total. The minimum atomic E-state index is -0.505. The summed E-state index contributed by atoms with van der Waals surface area (Å²) < 4.78 is 6.47. The van der Waals surface area contributed by atoms with Gasteiger partial charge in [0.25, 0.3) is 11.6 Å². The molecule has 0 aromatic heterocycles. The first-order valence-corrected chi connectivity index (χ1v) is 9.75. The zero-order chi connectivity index (χ0) is 20.7. The SMILES string of the molecule is CC(C)CCOc1ccc(Br)cc1C(=O)NC(=S)Nc1cccc([N+](=O)[O-])c1. The summed E-state index contributed by atoms with van der Waals surface area (Å²) in [4.78, 5) is 23.0. The highest BCUT2D eigenvalue weighted by Gasteiger charge is 2.15. The Morgan fingerprint density at radius 3 is 2.71 bits per heavy atom. The molecular formula is C19H20BrN3O4S. The lowest BCUT2D eigenvalue weighted by Gasteiger charge is -2.14. The lowest BCUT2D eigenvalue weighted by Crippen LogP contribution is -2.34.